The number of nitrogens with one attached hydrogen (secondary N) is 2. The predicted molar refractivity (Wildman–Crippen MR) is 65.7 cm³/mol. The molecule has 0 aliphatic heterocycles. The van der Waals surface area contributed by atoms with Gasteiger partial charge in [0.1, 0.15) is 5.76 Å². The van der Waals surface area contributed by atoms with E-state index in [-0.39, 0.29) is 11.9 Å². The minimum atomic E-state index is 0.0671. The summed E-state index contributed by atoms with van der Waals surface area (Å²) in [5, 5.41) is 6.17. The maximum atomic E-state index is 11.7. The van der Waals surface area contributed by atoms with Gasteiger partial charge in [-0.15, -0.1) is 0 Å². The first-order valence-corrected chi connectivity index (χ1v) is 6.37. The molecule has 0 bridgehead atoms. The van der Waals surface area contributed by atoms with E-state index in [0.717, 1.165) is 43.6 Å². The second kappa shape index (κ2) is 5.87. The molecule has 1 aliphatic rings. The van der Waals surface area contributed by atoms with Crippen molar-refractivity contribution in [2.75, 3.05) is 13.1 Å². The van der Waals surface area contributed by atoms with Crippen LogP contribution in [0.5, 0.6) is 0 Å². The zero-order chi connectivity index (χ0) is 12.1. The van der Waals surface area contributed by atoms with Crippen molar-refractivity contribution in [3.05, 3.63) is 23.7 Å². The summed E-state index contributed by atoms with van der Waals surface area (Å²) >= 11 is 0. The molecule has 94 valence electrons. The van der Waals surface area contributed by atoms with E-state index >= 15 is 0 Å². The smallest absolute Gasteiger partial charge is 0.234 e. The molecule has 0 radical (unpaired) electrons. The molecular weight excluding hydrogens is 216 g/mol. The SMILES string of the molecule is CCCNCC(=O)NC1CCCc2occc21. The van der Waals surface area contributed by atoms with Gasteiger partial charge in [0.05, 0.1) is 18.8 Å². The molecule has 4 heteroatoms. The molecule has 0 saturated carbocycles. The number of furan rings is 1. The summed E-state index contributed by atoms with van der Waals surface area (Å²) in [7, 11) is 0. The van der Waals surface area contributed by atoms with Crippen molar-refractivity contribution in [3.63, 3.8) is 0 Å². The van der Waals surface area contributed by atoms with Crippen LogP contribution in [-0.2, 0) is 11.2 Å². The molecule has 2 rings (SSSR count). The summed E-state index contributed by atoms with van der Waals surface area (Å²) in [5.41, 5.74) is 1.15. The molecule has 1 unspecified atom stereocenters. The van der Waals surface area contributed by atoms with Gasteiger partial charge in [0.2, 0.25) is 5.91 Å². The summed E-state index contributed by atoms with van der Waals surface area (Å²) in [6.07, 6.45) is 5.83. The van der Waals surface area contributed by atoms with Crippen LogP contribution in [-0.4, -0.2) is 19.0 Å². The lowest BCUT2D eigenvalue weighted by Gasteiger charge is -2.22. The lowest BCUT2D eigenvalue weighted by atomic mass is 9.93. The fraction of sp³-hybridized carbons (Fsp3) is 0.615. The van der Waals surface area contributed by atoms with Crippen molar-refractivity contribution < 1.29 is 9.21 Å². The van der Waals surface area contributed by atoms with E-state index in [1.807, 2.05) is 6.07 Å². The third-order valence-corrected chi connectivity index (χ3v) is 3.10. The molecule has 1 heterocycles. The Balaban J connectivity index is 1.86. The van der Waals surface area contributed by atoms with Crippen LogP contribution in [0.4, 0.5) is 0 Å². The molecule has 0 spiro atoms. The average Bonchev–Trinajstić information content (AvgIpc) is 2.78. The Hall–Kier alpha value is -1.29. The van der Waals surface area contributed by atoms with E-state index in [0.29, 0.717) is 6.54 Å². The highest BCUT2D eigenvalue weighted by molar-refractivity contribution is 5.78. The van der Waals surface area contributed by atoms with Crippen LogP contribution in [0, 0.1) is 0 Å². The van der Waals surface area contributed by atoms with E-state index in [4.69, 9.17) is 4.42 Å². The highest BCUT2D eigenvalue weighted by Crippen LogP contribution is 2.30. The number of aryl methyl sites for hydroxylation is 1. The average molecular weight is 236 g/mol. The third kappa shape index (κ3) is 3.09. The summed E-state index contributed by atoms with van der Waals surface area (Å²) in [6, 6.07) is 2.10. The molecule has 1 amide bonds. The van der Waals surface area contributed by atoms with Gasteiger partial charge in [-0.25, -0.2) is 0 Å². The van der Waals surface area contributed by atoms with Gasteiger partial charge in [0, 0.05) is 12.0 Å². The van der Waals surface area contributed by atoms with E-state index < -0.39 is 0 Å². The Labute approximate surface area is 102 Å². The maximum Gasteiger partial charge on any atom is 0.234 e. The van der Waals surface area contributed by atoms with Crippen LogP contribution in [0.25, 0.3) is 0 Å². The summed E-state index contributed by atoms with van der Waals surface area (Å²) in [4.78, 5) is 11.7. The molecule has 0 saturated heterocycles. The van der Waals surface area contributed by atoms with Crippen LogP contribution < -0.4 is 10.6 Å². The number of carbonyl (C=O) groups excluding carboxylic acids is 1. The maximum absolute atomic E-state index is 11.7. The second-order valence-corrected chi connectivity index (χ2v) is 4.49. The molecule has 1 aliphatic carbocycles. The number of carbonyl (C=O) groups is 1. The van der Waals surface area contributed by atoms with Crippen LogP contribution in [0.2, 0.25) is 0 Å². The fourth-order valence-corrected chi connectivity index (χ4v) is 2.26. The lowest BCUT2D eigenvalue weighted by molar-refractivity contribution is -0.121. The summed E-state index contributed by atoms with van der Waals surface area (Å²) in [5.74, 6) is 1.10. The first-order chi connectivity index (χ1) is 8.31. The van der Waals surface area contributed by atoms with Crippen LogP contribution in [0.3, 0.4) is 0 Å². The van der Waals surface area contributed by atoms with Gasteiger partial charge in [-0.2, -0.15) is 0 Å². The number of fused-ring (bicyclic) bond motifs is 1. The number of hydrogen-bond donors (Lipinski definition) is 2. The molecule has 1 atom stereocenters. The quantitative estimate of drug-likeness (QED) is 0.766. The van der Waals surface area contributed by atoms with Crippen LogP contribution in [0.1, 0.15) is 43.6 Å². The molecule has 2 N–H and O–H groups in total. The zero-order valence-electron chi connectivity index (χ0n) is 10.3. The van der Waals surface area contributed by atoms with Gasteiger partial charge in [-0.3, -0.25) is 4.79 Å². The molecular formula is C13H20N2O2. The normalized spacial score (nSPS) is 18.8. The zero-order valence-corrected chi connectivity index (χ0v) is 10.3. The lowest BCUT2D eigenvalue weighted by Crippen LogP contribution is -2.37. The Morgan fingerprint density at radius 3 is 3.29 bits per heavy atom. The van der Waals surface area contributed by atoms with Gasteiger partial charge >= 0.3 is 0 Å². The van der Waals surface area contributed by atoms with Gasteiger partial charge in [0.15, 0.2) is 0 Å². The first-order valence-electron chi connectivity index (χ1n) is 6.37. The van der Waals surface area contributed by atoms with Gasteiger partial charge < -0.3 is 15.1 Å². The highest BCUT2D eigenvalue weighted by atomic mass is 16.3. The third-order valence-electron chi connectivity index (χ3n) is 3.10. The Morgan fingerprint density at radius 2 is 2.47 bits per heavy atom. The Kier molecular flexibility index (Phi) is 4.20. The molecule has 0 fully saturated rings. The first kappa shape index (κ1) is 12.2. The van der Waals surface area contributed by atoms with Gasteiger partial charge in [0.25, 0.3) is 0 Å². The minimum absolute atomic E-state index is 0.0671. The molecule has 1 aromatic heterocycles. The standard InChI is InChI=1S/C13H20N2O2/c1-2-7-14-9-13(16)15-11-4-3-5-12-10(11)6-8-17-12/h6,8,11,14H,2-5,7,9H2,1H3,(H,15,16). The minimum Gasteiger partial charge on any atom is -0.469 e. The van der Waals surface area contributed by atoms with Crippen molar-refractivity contribution in [3.8, 4) is 0 Å². The monoisotopic (exact) mass is 236 g/mol. The van der Waals surface area contributed by atoms with Crippen molar-refractivity contribution in [2.24, 2.45) is 0 Å². The van der Waals surface area contributed by atoms with E-state index in [1.165, 1.54) is 0 Å². The van der Waals surface area contributed by atoms with Crippen LogP contribution in [0.15, 0.2) is 16.7 Å². The highest BCUT2D eigenvalue weighted by Gasteiger charge is 2.23. The van der Waals surface area contributed by atoms with Crippen molar-refractivity contribution in [2.45, 2.75) is 38.6 Å². The van der Waals surface area contributed by atoms with E-state index in [1.54, 1.807) is 6.26 Å². The Morgan fingerprint density at radius 1 is 1.59 bits per heavy atom. The van der Waals surface area contributed by atoms with Crippen molar-refractivity contribution >= 4 is 5.91 Å². The number of hydrogen-bond acceptors (Lipinski definition) is 3. The van der Waals surface area contributed by atoms with Gasteiger partial charge in [-0.05, 0) is 31.9 Å². The van der Waals surface area contributed by atoms with Crippen molar-refractivity contribution in [1.29, 1.82) is 0 Å². The van der Waals surface area contributed by atoms with Crippen molar-refractivity contribution in [1.82, 2.24) is 10.6 Å². The van der Waals surface area contributed by atoms with Crippen LogP contribution >= 0.6 is 0 Å². The predicted octanol–water partition coefficient (Wildman–Crippen LogP) is 1.77. The second-order valence-electron chi connectivity index (χ2n) is 4.49. The number of amides is 1. The molecule has 17 heavy (non-hydrogen) atoms. The molecule has 1 aromatic rings. The summed E-state index contributed by atoms with van der Waals surface area (Å²) < 4.78 is 5.40. The largest absolute Gasteiger partial charge is 0.469 e. The topological polar surface area (TPSA) is 54.3 Å². The Bertz CT molecular complexity index is 373. The van der Waals surface area contributed by atoms with E-state index in [2.05, 4.69) is 17.6 Å². The molecule has 0 aromatic carbocycles. The molecule has 4 nitrogen and oxygen atoms in total. The van der Waals surface area contributed by atoms with E-state index in [9.17, 15) is 4.79 Å². The number of rotatable bonds is 5. The fourth-order valence-electron chi connectivity index (χ4n) is 2.26. The summed E-state index contributed by atoms with van der Waals surface area (Å²) in [6.45, 7) is 3.37. The van der Waals surface area contributed by atoms with Gasteiger partial charge in [-0.1, -0.05) is 6.92 Å².